The van der Waals surface area contributed by atoms with Gasteiger partial charge >= 0.3 is 6.03 Å². The van der Waals surface area contributed by atoms with Crippen LogP contribution in [0.4, 0.5) is 16.2 Å². The fourth-order valence-electron chi connectivity index (χ4n) is 1.53. The van der Waals surface area contributed by atoms with Gasteiger partial charge in [-0.2, -0.15) is 0 Å². The molecular weight excluding hydrogens is 229 g/mol. The van der Waals surface area contributed by atoms with Gasteiger partial charge in [-0.1, -0.05) is 12.1 Å². The zero-order valence-corrected chi connectivity index (χ0v) is 9.42. The monoisotopic (exact) mass is 239 g/mol. The predicted octanol–water partition coefficient (Wildman–Crippen LogP) is 0.826. The summed E-state index contributed by atoms with van der Waals surface area (Å²) in [6, 6.07) is 6.44. The summed E-state index contributed by atoms with van der Waals surface area (Å²) in [6.45, 7) is -0.00822. The van der Waals surface area contributed by atoms with Crippen LogP contribution in [-0.4, -0.2) is 18.5 Å². The number of urea groups is 1. The third-order valence-electron chi connectivity index (χ3n) is 2.20. The summed E-state index contributed by atoms with van der Waals surface area (Å²) in [5.41, 5.74) is 1.13. The Labute approximate surface area is 92.9 Å². The van der Waals surface area contributed by atoms with Crippen molar-refractivity contribution in [1.82, 2.24) is 5.32 Å². The quantitative estimate of drug-likeness (QED) is 0.604. The molecule has 84 valence electrons. The number of benzene rings is 1. The highest BCUT2D eigenvalue weighted by atomic mass is 31.1. The smallest absolute Gasteiger partial charge is 0.329 e. The Morgan fingerprint density at radius 3 is 2.69 bits per heavy atom. The van der Waals surface area contributed by atoms with Crippen molar-refractivity contribution in [2.24, 2.45) is 0 Å². The van der Waals surface area contributed by atoms with Crippen molar-refractivity contribution in [3.8, 4) is 0 Å². The summed E-state index contributed by atoms with van der Waals surface area (Å²) in [7, 11) is -1.16. The lowest BCUT2D eigenvalue weighted by Crippen LogP contribution is -2.28. The molecule has 0 bridgehead atoms. The Morgan fingerprint density at radius 2 is 2.06 bits per heavy atom. The van der Waals surface area contributed by atoms with Crippen molar-refractivity contribution in [3.63, 3.8) is 0 Å². The van der Waals surface area contributed by atoms with Crippen LogP contribution in [0.1, 0.15) is 0 Å². The second-order valence-electron chi connectivity index (χ2n) is 3.22. The molecular formula is C9H10N3O3P. The van der Waals surface area contributed by atoms with E-state index in [0.717, 1.165) is 0 Å². The number of para-hydroxylation sites is 2. The van der Waals surface area contributed by atoms with Crippen molar-refractivity contribution < 1.29 is 14.2 Å². The van der Waals surface area contributed by atoms with Gasteiger partial charge in [0.1, 0.15) is 15.2 Å². The van der Waals surface area contributed by atoms with E-state index in [2.05, 4.69) is 10.4 Å². The first-order valence-corrected chi connectivity index (χ1v) is 5.68. The Balaban J connectivity index is 2.36. The minimum Gasteiger partial charge on any atom is -0.339 e. The van der Waals surface area contributed by atoms with Crippen molar-refractivity contribution >= 4 is 31.9 Å². The van der Waals surface area contributed by atoms with E-state index in [0.29, 0.717) is 11.4 Å². The number of carbonyl (C=O) groups is 2. The van der Waals surface area contributed by atoms with E-state index in [9.17, 15) is 14.2 Å². The number of nitrogens with zero attached hydrogens (tertiary/aromatic N) is 1. The third-order valence-corrected chi connectivity index (χ3v) is 2.63. The first kappa shape index (κ1) is 10.7. The van der Waals surface area contributed by atoms with Crippen LogP contribution in [0.15, 0.2) is 24.3 Å². The topological polar surface area (TPSA) is 78.5 Å². The molecule has 2 rings (SSSR count). The minimum atomic E-state index is -1.16. The van der Waals surface area contributed by atoms with Crippen LogP contribution in [0.2, 0.25) is 0 Å². The van der Waals surface area contributed by atoms with Crippen LogP contribution in [-0.2, 0) is 9.36 Å². The second kappa shape index (κ2) is 4.37. The van der Waals surface area contributed by atoms with E-state index >= 15 is 0 Å². The van der Waals surface area contributed by atoms with Crippen LogP contribution < -0.4 is 15.3 Å². The van der Waals surface area contributed by atoms with Gasteiger partial charge in [-0.3, -0.25) is 15.0 Å². The summed E-state index contributed by atoms with van der Waals surface area (Å²) < 4.78 is 10.6. The molecule has 1 saturated heterocycles. The fourth-order valence-corrected chi connectivity index (χ4v) is 1.90. The number of hydrogen-bond acceptors (Lipinski definition) is 3. The summed E-state index contributed by atoms with van der Waals surface area (Å²) >= 11 is 0. The van der Waals surface area contributed by atoms with E-state index in [1.807, 2.05) is 0 Å². The average molecular weight is 239 g/mol. The molecule has 3 amide bonds. The molecule has 1 unspecified atom stereocenters. The van der Waals surface area contributed by atoms with Crippen LogP contribution in [0, 0.1) is 0 Å². The highest BCUT2D eigenvalue weighted by Crippen LogP contribution is 2.28. The molecule has 0 aromatic heterocycles. The van der Waals surface area contributed by atoms with E-state index in [1.54, 1.807) is 24.3 Å². The zero-order valence-electron chi connectivity index (χ0n) is 8.27. The SMILES string of the molecule is O=[PH2]Nc1ccccc1N1CC(=O)NC1=O. The van der Waals surface area contributed by atoms with Gasteiger partial charge in [0.15, 0.2) is 0 Å². The molecule has 0 radical (unpaired) electrons. The highest BCUT2D eigenvalue weighted by Gasteiger charge is 2.29. The van der Waals surface area contributed by atoms with Crippen LogP contribution in [0.5, 0.6) is 0 Å². The predicted molar refractivity (Wildman–Crippen MR) is 61.3 cm³/mol. The maximum atomic E-state index is 11.4. The number of imide groups is 1. The average Bonchev–Trinajstić information content (AvgIpc) is 2.59. The van der Waals surface area contributed by atoms with Crippen molar-refractivity contribution in [2.45, 2.75) is 0 Å². The van der Waals surface area contributed by atoms with Gasteiger partial charge in [-0.15, -0.1) is 0 Å². The van der Waals surface area contributed by atoms with Gasteiger partial charge in [0.2, 0.25) is 5.91 Å². The molecule has 0 spiro atoms. The molecule has 1 atom stereocenters. The first-order valence-electron chi connectivity index (χ1n) is 4.63. The molecule has 1 fully saturated rings. The van der Waals surface area contributed by atoms with E-state index < -0.39 is 14.6 Å². The third kappa shape index (κ3) is 1.92. The summed E-state index contributed by atoms with van der Waals surface area (Å²) in [6.07, 6.45) is 0. The Hall–Kier alpha value is -1.81. The molecule has 0 aliphatic carbocycles. The van der Waals surface area contributed by atoms with Gasteiger partial charge in [0.25, 0.3) is 0 Å². The molecule has 1 aliphatic rings. The largest absolute Gasteiger partial charge is 0.339 e. The molecule has 6 nitrogen and oxygen atoms in total. The van der Waals surface area contributed by atoms with Gasteiger partial charge in [-0.25, -0.2) is 4.79 Å². The molecule has 2 N–H and O–H groups in total. The van der Waals surface area contributed by atoms with E-state index in [1.165, 1.54) is 4.90 Å². The Kier molecular flexibility index (Phi) is 2.92. The number of amides is 3. The highest BCUT2D eigenvalue weighted by molar-refractivity contribution is 7.25. The first-order chi connectivity index (χ1) is 7.72. The Morgan fingerprint density at radius 1 is 1.31 bits per heavy atom. The maximum absolute atomic E-state index is 11.4. The molecule has 7 heteroatoms. The zero-order chi connectivity index (χ0) is 11.5. The maximum Gasteiger partial charge on any atom is 0.329 e. The lowest BCUT2D eigenvalue weighted by atomic mass is 10.2. The van der Waals surface area contributed by atoms with Crippen molar-refractivity contribution in [3.05, 3.63) is 24.3 Å². The number of anilines is 2. The number of hydrogen-bond donors (Lipinski definition) is 2. The summed E-state index contributed by atoms with van der Waals surface area (Å²) in [5.74, 6) is -0.339. The lowest BCUT2D eigenvalue weighted by Gasteiger charge is -2.16. The lowest BCUT2D eigenvalue weighted by molar-refractivity contribution is -0.117. The molecule has 0 saturated carbocycles. The number of carbonyl (C=O) groups excluding carboxylic acids is 2. The van der Waals surface area contributed by atoms with Gasteiger partial charge in [0, 0.05) is 0 Å². The van der Waals surface area contributed by atoms with E-state index in [-0.39, 0.29) is 12.5 Å². The summed E-state index contributed by atoms with van der Waals surface area (Å²) in [4.78, 5) is 23.8. The van der Waals surface area contributed by atoms with Crippen molar-refractivity contribution in [2.75, 3.05) is 16.5 Å². The van der Waals surface area contributed by atoms with Crippen LogP contribution in [0.3, 0.4) is 0 Å². The number of rotatable bonds is 3. The normalized spacial score (nSPS) is 15.9. The summed E-state index contributed by atoms with van der Waals surface area (Å²) in [5, 5.41) is 4.87. The minimum absolute atomic E-state index is 0.00822. The van der Waals surface area contributed by atoms with Gasteiger partial charge in [0.05, 0.1) is 11.4 Å². The molecule has 1 aliphatic heterocycles. The van der Waals surface area contributed by atoms with Crippen LogP contribution in [0.25, 0.3) is 0 Å². The van der Waals surface area contributed by atoms with Gasteiger partial charge < -0.3 is 9.65 Å². The van der Waals surface area contributed by atoms with Gasteiger partial charge in [-0.05, 0) is 12.1 Å². The van der Waals surface area contributed by atoms with Crippen molar-refractivity contribution in [1.29, 1.82) is 0 Å². The standard InChI is InChI=1S/C9H10N3O3P/c13-8-5-12(9(14)10-8)7-4-2-1-3-6(7)11-16-15/h1-4H,5,16H2,(H,11,15)(H,10,13,14). The van der Waals surface area contributed by atoms with Crippen LogP contribution >= 0.6 is 8.61 Å². The fraction of sp³-hybridized carbons (Fsp3) is 0.111. The molecule has 1 aromatic rings. The molecule has 16 heavy (non-hydrogen) atoms. The Bertz CT molecular complexity index is 463. The second-order valence-corrected chi connectivity index (χ2v) is 3.74. The van der Waals surface area contributed by atoms with E-state index in [4.69, 9.17) is 0 Å². The molecule has 1 heterocycles. The molecule has 1 aromatic carbocycles. The number of nitrogens with one attached hydrogen (secondary N) is 2.